The van der Waals surface area contributed by atoms with Crippen molar-refractivity contribution in [1.82, 2.24) is 5.32 Å². The van der Waals surface area contributed by atoms with Gasteiger partial charge in [-0.25, -0.2) is 0 Å². The number of hydrogen-bond donors (Lipinski definition) is 1. The van der Waals surface area contributed by atoms with E-state index >= 15 is 0 Å². The molecule has 1 aliphatic rings. The molecule has 2 heterocycles. The molecule has 1 saturated heterocycles. The molecule has 2 rings (SSSR count). The van der Waals surface area contributed by atoms with Gasteiger partial charge < -0.3 is 10.1 Å². The minimum Gasteiger partial charge on any atom is -0.381 e. The topological polar surface area (TPSA) is 21.3 Å². The third-order valence-corrected chi connectivity index (χ3v) is 5.31. The minimum absolute atomic E-state index is 0.434. The highest BCUT2D eigenvalue weighted by atomic mass is 79.9. The fraction of sp³-hybridized carbons (Fsp3) is 0.692. The highest BCUT2D eigenvalue weighted by molar-refractivity contribution is 9.11. The maximum absolute atomic E-state index is 5.41. The molecule has 17 heavy (non-hydrogen) atoms. The van der Waals surface area contributed by atoms with Crippen molar-refractivity contribution in [2.45, 2.75) is 38.8 Å². The van der Waals surface area contributed by atoms with Crippen molar-refractivity contribution in [2.24, 2.45) is 5.92 Å². The van der Waals surface area contributed by atoms with Crippen LogP contribution in [0.3, 0.4) is 0 Å². The predicted molar refractivity (Wildman–Crippen MR) is 76.6 cm³/mol. The van der Waals surface area contributed by atoms with Gasteiger partial charge in [-0.3, -0.25) is 0 Å². The van der Waals surface area contributed by atoms with Crippen LogP contribution in [0.2, 0.25) is 0 Å². The molecule has 1 fully saturated rings. The van der Waals surface area contributed by atoms with Gasteiger partial charge in [-0.2, -0.15) is 0 Å². The van der Waals surface area contributed by atoms with Crippen LogP contribution < -0.4 is 5.32 Å². The number of rotatable bonds is 4. The minimum atomic E-state index is 0.434. The molecule has 0 aromatic carbocycles. The van der Waals surface area contributed by atoms with Crippen molar-refractivity contribution in [1.29, 1.82) is 0 Å². The molecule has 0 radical (unpaired) electrons. The van der Waals surface area contributed by atoms with Gasteiger partial charge in [-0.05, 0) is 60.7 Å². The fourth-order valence-corrected chi connectivity index (χ4v) is 3.82. The van der Waals surface area contributed by atoms with E-state index < -0.39 is 0 Å². The van der Waals surface area contributed by atoms with E-state index in [1.807, 2.05) is 11.3 Å². The average molecular weight is 318 g/mol. The van der Waals surface area contributed by atoms with E-state index in [9.17, 15) is 0 Å². The molecule has 0 spiro atoms. The number of halogens is 1. The van der Waals surface area contributed by atoms with E-state index in [1.165, 1.54) is 21.5 Å². The van der Waals surface area contributed by atoms with Crippen molar-refractivity contribution >= 4 is 27.3 Å². The Hall–Kier alpha value is 0.1000. The lowest BCUT2D eigenvalue weighted by atomic mass is 9.92. The summed E-state index contributed by atoms with van der Waals surface area (Å²) in [5.74, 6) is 0.759. The first-order chi connectivity index (χ1) is 8.16. The van der Waals surface area contributed by atoms with Crippen molar-refractivity contribution in [3.8, 4) is 0 Å². The molecule has 1 N–H and O–H groups in total. The molecular weight excluding hydrogens is 298 g/mol. The van der Waals surface area contributed by atoms with E-state index in [2.05, 4.69) is 47.2 Å². The molecule has 1 aliphatic heterocycles. The van der Waals surface area contributed by atoms with E-state index in [-0.39, 0.29) is 0 Å². The van der Waals surface area contributed by atoms with Crippen LogP contribution in [0.4, 0.5) is 0 Å². The van der Waals surface area contributed by atoms with Gasteiger partial charge in [0.15, 0.2) is 0 Å². The van der Waals surface area contributed by atoms with Crippen LogP contribution in [0.1, 0.15) is 37.6 Å². The van der Waals surface area contributed by atoms with Crippen molar-refractivity contribution in [3.05, 3.63) is 20.8 Å². The van der Waals surface area contributed by atoms with Crippen LogP contribution in [0.15, 0.2) is 15.9 Å². The molecule has 2 atom stereocenters. The van der Waals surface area contributed by atoms with E-state index in [0.717, 1.165) is 19.1 Å². The van der Waals surface area contributed by atoms with Gasteiger partial charge in [-0.15, -0.1) is 11.3 Å². The van der Waals surface area contributed by atoms with Gasteiger partial charge in [0.1, 0.15) is 0 Å². The van der Waals surface area contributed by atoms with Crippen molar-refractivity contribution in [3.63, 3.8) is 0 Å². The summed E-state index contributed by atoms with van der Waals surface area (Å²) in [5, 5.41) is 3.71. The van der Waals surface area contributed by atoms with Crippen LogP contribution >= 0.6 is 27.3 Å². The van der Waals surface area contributed by atoms with Gasteiger partial charge in [0.05, 0.1) is 3.79 Å². The second-order valence-corrected chi connectivity index (χ2v) is 7.26. The standard InChI is InChI=1S/C13H20BrNOS/c1-9(11-5-7-16-8-6-11)15-10(2)12-3-4-13(14)17-12/h3-4,9-11,15H,5-8H2,1-2H3. The lowest BCUT2D eigenvalue weighted by molar-refractivity contribution is 0.0547. The Morgan fingerprint density at radius 3 is 2.65 bits per heavy atom. The van der Waals surface area contributed by atoms with E-state index in [0.29, 0.717) is 12.1 Å². The number of nitrogens with one attached hydrogen (secondary N) is 1. The second-order valence-electron chi connectivity index (χ2n) is 4.77. The number of ether oxygens (including phenoxy) is 1. The molecular formula is C13H20BrNOS. The fourth-order valence-electron chi connectivity index (χ4n) is 2.39. The van der Waals surface area contributed by atoms with Gasteiger partial charge in [0, 0.05) is 30.2 Å². The summed E-state index contributed by atoms with van der Waals surface area (Å²) in [6.45, 7) is 6.40. The highest BCUT2D eigenvalue weighted by Crippen LogP contribution is 2.28. The quantitative estimate of drug-likeness (QED) is 0.907. The predicted octanol–water partition coefficient (Wildman–Crippen LogP) is 3.98. The lowest BCUT2D eigenvalue weighted by Gasteiger charge is -2.30. The normalized spacial score (nSPS) is 21.4. The first kappa shape index (κ1) is 13.5. The summed E-state index contributed by atoms with van der Waals surface area (Å²) in [5.41, 5.74) is 0. The summed E-state index contributed by atoms with van der Waals surface area (Å²) in [6, 6.07) is 5.32. The Morgan fingerprint density at radius 2 is 2.06 bits per heavy atom. The van der Waals surface area contributed by atoms with E-state index in [4.69, 9.17) is 4.74 Å². The van der Waals surface area contributed by atoms with Crippen LogP contribution in [0.5, 0.6) is 0 Å². The summed E-state index contributed by atoms with van der Waals surface area (Å²) in [4.78, 5) is 1.40. The number of hydrogen-bond acceptors (Lipinski definition) is 3. The van der Waals surface area contributed by atoms with Crippen molar-refractivity contribution < 1.29 is 4.74 Å². The zero-order valence-corrected chi connectivity index (χ0v) is 12.8. The average Bonchev–Trinajstić information content (AvgIpc) is 2.77. The lowest BCUT2D eigenvalue weighted by Crippen LogP contribution is -2.37. The Morgan fingerprint density at radius 1 is 1.35 bits per heavy atom. The molecule has 2 unspecified atom stereocenters. The molecule has 4 heteroatoms. The first-order valence-corrected chi connectivity index (χ1v) is 7.87. The second kappa shape index (κ2) is 6.32. The van der Waals surface area contributed by atoms with Gasteiger partial charge in [0.2, 0.25) is 0 Å². The number of thiophene rings is 1. The van der Waals surface area contributed by atoms with E-state index in [1.54, 1.807) is 0 Å². The Balaban J connectivity index is 1.87. The third-order valence-electron chi connectivity index (χ3n) is 3.51. The molecule has 2 nitrogen and oxygen atoms in total. The SMILES string of the molecule is CC(NC(C)C1CCOCC1)c1ccc(Br)s1. The summed E-state index contributed by atoms with van der Waals surface area (Å²) in [7, 11) is 0. The maximum atomic E-state index is 5.41. The molecule has 1 aromatic rings. The molecule has 1 aromatic heterocycles. The smallest absolute Gasteiger partial charge is 0.0701 e. The monoisotopic (exact) mass is 317 g/mol. The summed E-state index contributed by atoms with van der Waals surface area (Å²) in [6.07, 6.45) is 2.38. The molecule has 0 saturated carbocycles. The summed E-state index contributed by atoms with van der Waals surface area (Å²) >= 11 is 5.33. The van der Waals surface area contributed by atoms with Gasteiger partial charge in [0.25, 0.3) is 0 Å². The first-order valence-electron chi connectivity index (χ1n) is 6.26. The zero-order valence-electron chi connectivity index (χ0n) is 10.4. The van der Waals surface area contributed by atoms with Crippen LogP contribution in [0, 0.1) is 5.92 Å². The highest BCUT2D eigenvalue weighted by Gasteiger charge is 2.22. The Labute approximate surface area is 116 Å². The van der Waals surface area contributed by atoms with Crippen molar-refractivity contribution in [2.75, 3.05) is 13.2 Å². The summed E-state index contributed by atoms with van der Waals surface area (Å²) < 4.78 is 6.62. The molecule has 0 bridgehead atoms. The zero-order chi connectivity index (χ0) is 12.3. The van der Waals surface area contributed by atoms with Crippen LogP contribution in [0.25, 0.3) is 0 Å². The van der Waals surface area contributed by atoms with Gasteiger partial charge in [-0.1, -0.05) is 0 Å². The Bertz CT molecular complexity index is 349. The Kier molecular flexibility index (Phi) is 5.03. The van der Waals surface area contributed by atoms with Crippen LogP contribution in [-0.2, 0) is 4.74 Å². The largest absolute Gasteiger partial charge is 0.381 e. The molecule has 0 aliphatic carbocycles. The van der Waals surface area contributed by atoms with Crippen LogP contribution in [-0.4, -0.2) is 19.3 Å². The third kappa shape index (κ3) is 3.78. The molecule has 0 amide bonds. The maximum Gasteiger partial charge on any atom is 0.0701 e. The molecule has 96 valence electrons. The van der Waals surface area contributed by atoms with Gasteiger partial charge >= 0.3 is 0 Å².